The summed E-state index contributed by atoms with van der Waals surface area (Å²) in [7, 11) is -4.29. The van der Waals surface area contributed by atoms with Crippen molar-refractivity contribution in [2.24, 2.45) is 11.1 Å². The second kappa shape index (κ2) is 11.6. The van der Waals surface area contributed by atoms with E-state index >= 15 is 0 Å². The van der Waals surface area contributed by atoms with E-state index in [0.717, 1.165) is 12.4 Å². The number of alkyl halides is 4. The highest BCUT2D eigenvalue weighted by atomic mass is 35.5. The Hall–Kier alpha value is -3.38. The Balaban J connectivity index is 1.47. The number of aromatic nitrogens is 4. The number of halogens is 5. The number of aliphatic hydroxyl groups is 1. The number of anilines is 1. The summed E-state index contributed by atoms with van der Waals surface area (Å²) in [6.45, 7) is -0.566. The number of ketones is 1. The minimum absolute atomic E-state index is 0.0272. The van der Waals surface area contributed by atoms with Gasteiger partial charge in [-0.25, -0.2) is 19.5 Å². The Kier molecular flexibility index (Phi) is 8.60. The van der Waals surface area contributed by atoms with E-state index in [9.17, 15) is 35.9 Å². The van der Waals surface area contributed by atoms with E-state index in [-0.39, 0.29) is 35.1 Å². The highest BCUT2D eigenvalue weighted by Gasteiger charge is 2.44. The molecular formula is C22H21ClF4N6O6S. The molecule has 18 heteroatoms. The van der Waals surface area contributed by atoms with E-state index in [2.05, 4.69) is 29.3 Å². The number of nitrogens with two attached hydrogens (primary N) is 1. The molecule has 0 spiro atoms. The predicted octanol–water partition coefficient (Wildman–Crippen LogP) is 2.22. The third kappa shape index (κ3) is 7.42. The molecule has 1 aliphatic rings. The monoisotopic (exact) mass is 608 g/mol. The number of hydrogen-bond acceptors (Lipinski definition) is 10. The minimum atomic E-state index is -4.93. The van der Waals surface area contributed by atoms with Crippen molar-refractivity contribution in [2.75, 3.05) is 11.9 Å². The van der Waals surface area contributed by atoms with Crippen molar-refractivity contribution in [3.05, 3.63) is 64.8 Å². The quantitative estimate of drug-likeness (QED) is 0.229. The number of benzene rings is 1. The van der Waals surface area contributed by atoms with Gasteiger partial charge in [-0.2, -0.15) is 13.5 Å². The Morgan fingerprint density at radius 1 is 1.30 bits per heavy atom. The smallest absolute Gasteiger partial charge is 0.404 e. The Labute approximate surface area is 229 Å². The van der Waals surface area contributed by atoms with E-state index in [1.54, 1.807) is 0 Å². The molecule has 2 heterocycles. The maximum atomic E-state index is 14.8. The van der Waals surface area contributed by atoms with Crippen LogP contribution in [-0.2, 0) is 21.0 Å². The summed E-state index contributed by atoms with van der Waals surface area (Å²) in [5.74, 6) is -2.21. The highest BCUT2D eigenvalue weighted by Crippen LogP contribution is 2.33. The summed E-state index contributed by atoms with van der Waals surface area (Å²) in [6.07, 6.45) is -4.71. The largest absolute Gasteiger partial charge is 0.573 e. The van der Waals surface area contributed by atoms with Gasteiger partial charge in [0.25, 0.3) is 0 Å². The van der Waals surface area contributed by atoms with Gasteiger partial charge in [0, 0.05) is 18.3 Å². The van der Waals surface area contributed by atoms with Crippen LogP contribution in [0.15, 0.2) is 43.0 Å². The van der Waals surface area contributed by atoms with Crippen molar-refractivity contribution in [3.63, 3.8) is 0 Å². The standard InChI is InChI=1S/C22H21ClF4N6O6S/c23-14-2-1-11(5-17(14)39-22(25,26)27)8-33-4-3-15(32-33)20(35)13-7-29-10-30-21(13)31-16-6-12(19(34)18(16)24)9-38-40(28,36)37/h1-5,7,10,12,16,18-19,34H,6,8-9H2,(H2,28,36,37)(H,29,30,31). The first-order chi connectivity index (χ1) is 18.7. The molecule has 1 aromatic carbocycles. The maximum absolute atomic E-state index is 14.8. The summed E-state index contributed by atoms with van der Waals surface area (Å²) in [5.41, 5.74) is 0.207. The van der Waals surface area contributed by atoms with Crippen LogP contribution in [0.5, 0.6) is 5.75 Å². The summed E-state index contributed by atoms with van der Waals surface area (Å²) in [6, 6.07) is 4.10. The van der Waals surface area contributed by atoms with Gasteiger partial charge >= 0.3 is 16.7 Å². The predicted molar refractivity (Wildman–Crippen MR) is 130 cm³/mol. The zero-order valence-corrected chi connectivity index (χ0v) is 21.7. The Morgan fingerprint density at radius 3 is 2.75 bits per heavy atom. The molecule has 216 valence electrons. The molecule has 1 fully saturated rings. The fourth-order valence-electron chi connectivity index (χ4n) is 4.11. The SMILES string of the molecule is NS(=O)(=O)OCC1CC(Nc2ncncc2C(=O)c2ccn(Cc3ccc(Cl)c(OC(F)(F)F)c3)n2)C(F)C1O. The van der Waals surface area contributed by atoms with Crippen LogP contribution in [-0.4, -0.2) is 70.3 Å². The van der Waals surface area contributed by atoms with Gasteiger partial charge in [-0.3, -0.25) is 13.7 Å². The first-order valence-corrected chi connectivity index (χ1v) is 13.2. The average molecular weight is 609 g/mol. The van der Waals surface area contributed by atoms with E-state index < -0.39 is 59.0 Å². The van der Waals surface area contributed by atoms with Crippen molar-refractivity contribution >= 4 is 33.5 Å². The molecule has 0 bridgehead atoms. The molecular weight excluding hydrogens is 588 g/mol. The lowest BCUT2D eigenvalue weighted by Crippen LogP contribution is -2.33. The zero-order valence-electron chi connectivity index (χ0n) is 20.1. The highest BCUT2D eigenvalue weighted by molar-refractivity contribution is 7.84. The van der Waals surface area contributed by atoms with Gasteiger partial charge in [-0.1, -0.05) is 17.7 Å². The summed E-state index contributed by atoms with van der Waals surface area (Å²) < 4.78 is 84.4. The van der Waals surface area contributed by atoms with Crippen molar-refractivity contribution < 1.29 is 44.8 Å². The lowest BCUT2D eigenvalue weighted by Gasteiger charge is -2.18. The van der Waals surface area contributed by atoms with Crippen molar-refractivity contribution in [1.29, 1.82) is 0 Å². The third-order valence-corrected chi connectivity index (χ3v) is 6.69. The van der Waals surface area contributed by atoms with E-state index in [1.165, 1.54) is 35.3 Å². The van der Waals surface area contributed by atoms with Crippen LogP contribution in [0, 0.1) is 5.92 Å². The maximum Gasteiger partial charge on any atom is 0.573 e. The molecule has 40 heavy (non-hydrogen) atoms. The Bertz CT molecular complexity index is 1490. The van der Waals surface area contributed by atoms with E-state index in [0.29, 0.717) is 5.56 Å². The minimum Gasteiger partial charge on any atom is -0.404 e. The molecule has 4 atom stereocenters. The number of aliphatic hydroxyl groups excluding tert-OH is 1. The van der Waals surface area contributed by atoms with E-state index in [4.69, 9.17) is 16.7 Å². The number of rotatable bonds is 10. The molecule has 0 aliphatic heterocycles. The molecule has 3 aromatic rings. The second-order valence-corrected chi connectivity index (χ2v) is 10.4. The molecule has 0 radical (unpaired) electrons. The van der Waals surface area contributed by atoms with Crippen LogP contribution in [0.4, 0.5) is 23.4 Å². The molecule has 4 unspecified atom stereocenters. The molecule has 12 nitrogen and oxygen atoms in total. The van der Waals surface area contributed by atoms with Gasteiger partial charge in [0.15, 0.2) is 0 Å². The van der Waals surface area contributed by atoms with Crippen LogP contribution in [0.1, 0.15) is 28.0 Å². The molecule has 4 rings (SSSR count). The normalized spacial score (nSPS) is 21.4. The number of ether oxygens (including phenoxy) is 1. The molecule has 0 amide bonds. The molecule has 1 aliphatic carbocycles. The molecule has 4 N–H and O–H groups in total. The fourth-order valence-corrected chi connectivity index (χ4v) is 4.63. The van der Waals surface area contributed by atoms with Crippen LogP contribution in [0.3, 0.4) is 0 Å². The molecule has 1 saturated carbocycles. The van der Waals surface area contributed by atoms with Gasteiger partial charge in [-0.15, -0.1) is 13.2 Å². The summed E-state index contributed by atoms with van der Waals surface area (Å²) in [5, 5.41) is 21.6. The number of carbonyl (C=O) groups is 1. The summed E-state index contributed by atoms with van der Waals surface area (Å²) in [4.78, 5) is 21.0. The summed E-state index contributed by atoms with van der Waals surface area (Å²) >= 11 is 5.77. The number of nitrogens with zero attached hydrogens (tertiary/aromatic N) is 4. The van der Waals surface area contributed by atoms with Gasteiger partial charge < -0.3 is 15.2 Å². The van der Waals surface area contributed by atoms with Crippen molar-refractivity contribution in [1.82, 2.24) is 19.7 Å². The molecule has 2 aromatic heterocycles. The number of carbonyl (C=O) groups excluding carboxylic acids is 1. The second-order valence-electron chi connectivity index (χ2n) is 8.78. The number of nitrogens with one attached hydrogen (secondary N) is 1. The van der Waals surface area contributed by atoms with Crippen LogP contribution >= 0.6 is 11.6 Å². The topological polar surface area (TPSA) is 172 Å². The van der Waals surface area contributed by atoms with Crippen LogP contribution in [0.2, 0.25) is 5.02 Å². The van der Waals surface area contributed by atoms with Gasteiger partial charge in [0.1, 0.15) is 29.8 Å². The first kappa shape index (κ1) is 29.6. The van der Waals surface area contributed by atoms with Crippen molar-refractivity contribution in [3.8, 4) is 5.75 Å². The lowest BCUT2D eigenvalue weighted by molar-refractivity contribution is -0.274. The third-order valence-electron chi connectivity index (χ3n) is 5.91. The van der Waals surface area contributed by atoms with Gasteiger partial charge in [-0.05, 0) is 30.2 Å². The number of hydrogen-bond donors (Lipinski definition) is 3. The average Bonchev–Trinajstić information content (AvgIpc) is 3.43. The van der Waals surface area contributed by atoms with Crippen molar-refractivity contribution in [2.45, 2.75) is 37.6 Å². The fraction of sp³-hybridized carbons (Fsp3) is 0.364. The van der Waals surface area contributed by atoms with Gasteiger partial charge in [0.05, 0.1) is 35.9 Å². The van der Waals surface area contributed by atoms with Crippen LogP contribution < -0.4 is 15.2 Å². The van der Waals surface area contributed by atoms with E-state index in [1.807, 2.05) is 0 Å². The Morgan fingerprint density at radius 2 is 2.05 bits per heavy atom. The van der Waals surface area contributed by atoms with Gasteiger partial charge in [0.2, 0.25) is 5.78 Å². The van der Waals surface area contributed by atoms with Crippen LogP contribution in [0.25, 0.3) is 0 Å². The molecule has 0 saturated heterocycles. The lowest BCUT2D eigenvalue weighted by atomic mass is 10.1. The first-order valence-electron chi connectivity index (χ1n) is 11.4. The zero-order chi connectivity index (χ0) is 29.2.